The molecule has 1 heterocycles. The minimum atomic E-state index is -3.77. The molecule has 0 aliphatic carbocycles. The molecule has 0 unspecified atom stereocenters. The molecule has 7 nitrogen and oxygen atoms in total. The van der Waals surface area contributed by atoms with Crippen molar-refractivity contribution in [3.05, 3.63) is 70.3 Å². The minimum Gasteiger partial charge on any atom is -0.371 e. The second-order valence-electron chi connectivity index (χ2n) is 5.83. The van der Waals surface area contributed by atoms with Crippen LogP contribution < -0.4 is 0 Å². The zero-order chi connectivity index (χ0) is 18.7. The van der Waals surface area contributed by atoms with Gasteiger partial charge in [0.2, 0.25) is 10.0 Å². The van der Waals surface area contributed by atoms with Crippen LogP contribution in [0.4, 0.5) is 5.69 Å². The van der Waals surface area contributed by atoms with Crippen molar-refractivity contribution in [2.45, 2.75) is 15.8 Å². The smallest absolute Gasteiger partial charge is 0.269 e. The van der Waals surface area contributed by atoms with Gasteiger partial charge in [0.25, 0.3) is 5.69 Å². The third-order valence-corrected chi connectivity index (χ3v) is 6.81. The Bertz CT molecular complexity index is 874. The average molecular weight is 441 g/mol. The Morgan fingerprint density at radius 3 is 2.38 bits per heavy atom. The molecule has 0 aromatic heterocycles. The predicted octanol–water partition coefficient (Wildman–Crippen LogP) is 3.12. The van der Waals surface area contributed by atoms with Crippen LogP contribution in [-0.4, -0.2) is 42.2 Å². The van der Waals surface area contributed by atoms with Crippen LogP contribution in [0.2, 0.25) is 0 Å². The largest absolute Gasteiger partial charge is 0.371 e. The van der Waals surface area contributed by atoms with Gasteiger partial charge < -0.3 is 4.74 Å². The molecule has 1 aliphatic rings. The molecule has 138 valence electrons. The van der Waals surface area contributed by atoms with Crippen LogP contribution in [-0.2, 0) is 14.8 Å². The van der Waals surface area contributed by atoms with Gasteiger partial charge in [0, 0.05) is 25.2 Å². The molecule has 0 N–H and O–H groups in total. The molecule has 9 heteroatoms. The fourth-order valence-electron chi connectivity index (χ4n) is 2.82. The van der Waals surface area contributed by atoms with E-state index in [0.717, 1.165) is 5.56 Å². The van der Waals surface area contributed by atoms with Gasteiger partial charge in [0.05, 0.1) is 27.4 Å². The number of nitrogens with zero attached hydrogens (tertiary/aromatic N) is 2. The molecule has 2 aromatic rings. The highest BCUT2D eigenvalue weighted by Gasteiger charge is 2.33. The van der Waals surface area contributed by atoms with Crippen molar-refractivity contribution in [1.29, 1.82) is 0 Å². The Morgan fingerprint density at radius 1 is 1.12 bits per heavy atom. The van der Waals surface area contributed by atoms with Crippen LogP contribution in [0.25, 0.3) is 0 Å². The highest BCUT2D eigenvalue weighted by atomic mass is 79.9. The first-order valence-corrected chi connectivity index (χ1v) is 10.3. The number of non-ortho nitro benzene ring substituents is 1. The molecule has 0 amide bonds. The lowest BCUT2D eigenvalue weighted by atomic mass is 10.1. The van der Waals surface area contributed by atoms with Gasteiger partial charge in [0.1, 0.15) is 0 Å². The predicted molar refractivity (Wildman–Crippen MR) is 99.7 cm³/mol. The molecule has 3 rings (SSSR count). The monoisotopic (exact) mass is 440 g/mol. The van der Waals surface area contributed by atoms with Crippen molar-refractivity contribution >= 4 is 31.6 Å². The summed E-state index contributed by atoms with van der Waals surface area (Å²) in [5.41, 5.74) is 0.828. The Hall–Kier alpha value is -1.81. The molecular formula is C17H17BrN2O5S. The van der Waals surface area contributed by atoms with Gasteiger partial charge in [0.15, 0.2) is 0 Å². The number of benzene rings is 2. The minimum absolute atomic E-state index is 0.0287. The first-order valence-electron chi connectivity index (χ1n) is 7.95. The number of hydrogen-bond donors (Lipinski definition) is 0. The molecule has 0 radical (unpaired) electrons. The quantitative estimate of drug-likeness (QED) is 0.413. The van der Waals surface area contributed by atoms with Crippen LogP contribution in [0, 0.1) is 10.1 Å². The molecule has 0 spiro atoms. The van der Waals surface area contributed by atoms with Crippen molar-refractivity contribution in [3.8, 4) is 0 Å². The number of hydrogen-bond acceptors (Lipinski definition) is 5. The number of halogens is 1. The van der Waals surface area contributed by atoms with Gasteiger partial charge in [-0.2, -0.15) is 4.31 Å². The summed E-state index contributed by atoms with van der Waals surface area (Å²) in [4.78, 5) is 9.99. The molecule has 0 bridgehead atoms. The second kappa shape index (κ2) is 7.83. The van der Waals surface area contributed by atoms with E-state index in [1.165, 1.54) is 28.6 Å². The van der Waals surface area contributed by atoms with Crippen LogP contribution in [0.1, 0.15) is 11.7 Å². The van der Waals surface area contributed by atoms with Gasteiger partial charge in [-0.1, -0.05) is 46.3 Å². The number of alkyl halides is 1. The zero-order valence-electron chi connectivity index (χ0n) is 13.7. The molecule has 1 saturated heterocycles. The lowest BCUT2D eigenvalue weighted by Gasteiger charge is -2.23. The van der Waals surface area contributed by atoms with E-state index < -0.39 is 14.9 Å². The highest BCUT2D eigenvalue weighted by Crippen LogP contribution is 2.31. The third kappa shape index (κ3) is 3.96. The van der Waals surface area contributed by atoms with Gasteiger partial charge >= 0.3 is 0 Å². The lowest BCUT2D eigenvalue weighted by Crippen LogP contribution is -2.36. The summed E-state index contributed by atoms with van der Waals surface area (Å²) in [6.07, 6.45) is -0.256. The second-order valence-corrected chi connectivity index (χ2v) is 8.95. The van der Waals surface area contributed by atoms with E-state index in [1.54, 1.807) is 0 Å². The van der Waals surface area contributed by atoms with E-state index in [0.29, 0.717) is 0 Å². The van der Waals surface area contributed by atoms with E-state index >= 15 is 0 Å². The van der Waals surface area contributed by atoms with Crippen LogP contribution in [0.15, 0.2) is 59.5 Å². The Balaban J connectivity index is 1.81. The average Bonchev–Trinajstić information content (AvgIpc) is 2.84. The first-order chi connectivity index (χ1) is 12.4. The molecule has 2 atom stereocenters. The SMILES string of the molecule is O=[N+]([O-])c1ccc(S(=O)(=O)N2CCO[C@@H](c3ccccc3)[C@H](Br)C2)cc1. The Labute approximate surface area is 159 Å². The number of rotatable bonds is 4. The van der Waals surface area contributed by atoms with Crippen molar-refractivity contribution in [3.63, 3.8) is 0 Å². The molecule has 1 fully saturated rings. The summed E-state index contributed by atoms with van der Waals surface area (Å²) in [5, 5.41) is 10.7. The van der Waals surface area contributed by atoms with Crippen molar-refractivity contribution < 1.29 is 18.1 Å². The van der Waals surface area contributed by atoms with Crippen LogP contribution >= 0.6 is 15.9 Å². The molecule has 26 heavy (non-hydrogen) atoms. The number of sulfonamides is 1. The molecule has 0 saturated carbocycles. The Morgan fingerprint density at radius 2 is 1.77 bits per heavy atom. The standard InChI is InChI=1S/C17H17BrN2O5S/c18-16-12-19(10-11-25-17(16)13-4-2-1-3-5-13)26(23,24)15-8-6-14(7-9-15)20(21)22/h1-9,16-17H,10-12H2/t16-,17+/m1/s1. The van der Waals surface area contributed by atoms with E-state index in [1.807, 2.05) is 30.3 Å². The number of nitro benzene ring substituents is 1. The van der Waals surface area contributed by atoms with E-state index in [4.69, 9.17) is 4.74 Å². The molecular weight excluding hydrogens is 424 g/mol. The summed E-state index contributed by atoms with van der Waals surface area (Å²) >= 11 is 3.56. The Kier molecular flexibility index (Phi) is 5.71. The summed E-state index contributed by atoms with van der Waals surface area (Å²) in [5.74, 6) is 0. The summed E-state index contributed by atoms with van der Waals surface area (Å²) in [6, 6.07) is 14.5. The molecule has 2 aromatic carbocycles. The van der Waals surface area contributed by atoms with Gasteiger partial charge in [-0.25, -0.2) is 8.42 Å². The third-order valence-electron chi connectivity index (χ3n) is 4.16. The van der Waals surface area contributed by atoms with Crippen molar-refractivity contribution in [2.24, 2.45) is 0 Å². The maximum absolute atomic E-state index is 12.9. The summed E-state index contributed by atoms with van der Waals surface area (Å²) in [6.45, 7) is 0.706. The fraction of sp³-hybridized carbons (Fsp3) is 0.294. The number of nitro groups is 1. The van der Waals surface area contributed by atoms with Crippen LogP contribution in [0.5, 0.6) is 0 Å². The summed E-state index contributed by atoms with van der Waals surface area (Å²) in [7, 11) is -3.77. The first kappa shape index (κ1) is 19.0. The van der Waals surface area contributed by atoms with Crippen molar-refractivity contribution in [1.82, 2.24) is 4.31 Å². The van der Waals surface area contributed by atoms with Crippen LogP contribution in [0.3, 0.4) is 0 Å². The van der Waals surface area contributed by atoms with Crippen molar-refractivity contribution in [2.75, 3.05) is 19.7 Å². The van der Waals surface area contributed by atoms with E-state index in [9.17, 15) is 18.5 Å². The van der Waals surface area contributed by atoms with E-state index in [-0.39, 0.29) is 41.2 Å². The van der Waals surface area contributed by atoms with E-state index in [2.05, 4.69) is 15.9 Å². The maximum Gasteiger partial charge on any atom is 0.269 e. The number of ether oxygens (including phenoxy) is 1. The topological polar surface area (TPSA) is 89.8 Å². The summed E-state index contributed by atoms with van der Waals surface area (Å²) < 4.78 is 33.0. The fourth-order valence-corrected chi connectivity index (χ4v) is 5.27. The maximum atomic E-state index is 12.9. The van der Waals surface area contributed by atoms with Gasteiger partial charge in [-0.15, -0.1) is 0 Å². The van der Waals surface area contributed by atoms with Gasteiger partial charge in [-0.3, -0.25) is 10.1 Å². The normalized spacial score (nSPS) is 21.9. The highest BCUT2D eigenvalue weighted by molar-refractivity contribution is 9.09. The van der Waals surface area contributed by atoms with Gasteiger partial charge in [-0.05, 0) is 17.7 Å². The zero-order valence-corrected chi connectivity index (χ0v) is 16.1. The lowest BCUT2D eigenvalue weighted by molar-refractivity contribution is -0.384. The molecule has 1 aliphatic heterocycles.